The van der Waals surface area contributed by atoms with Crippen LogP contribution in [0.1, 0.15) is 290 Å². The van der Waals surface area contributed by atoms with Gasteiger partial charge in [-0.05, 0) is 25.7 Å². The molecule has 0 saturated heterocycles. The monoisotopic (exact) mass is 749 g/mol. The van der Waals surface area contributed by atoms with Gasteiger partial charge in [0.1, 0.15) is 0 Å². The van der Waals surface area contributed by atoms with Crippen LogP contribution in [0, 0.1) is 0 Å². The molecular formula is C49H96O4. The second-order valence-electron chi connectivity index (χ2n) is 16.7. The first-order valence-corrected chi connectivity index (χ1v) is 24.5. The van der Waals surface area contributed by atoms with Gasteiger partial charge in [-0.2, -0.15) is 0 Å². The zero-order chi connectivity index (χ0) is 38.4. The SMILES string of the molecule is CCCCCCCCCCCCCCCCC(=O)OCCCCCCCCCCCCCCCOC(=O)CCCCCCCCCCCCCCCC. The van der Waals surface area contributed by atoms with E-state index in [9.17, 15) is 9.59 Å². The molecule has 0 bridgehead atoms. The summed E-state index contributed by atoms with van der Waals surface area (Å²) in [7, 11) is 0. The molecule has 0 radical (unpaired) electrons. The van der Waals surface area contributed by atoms with E-state index in [1.54, 1.807) is 0 Å². The summed E-state index contributed by atoms with van der Waals surface area (Å²) in [6, 6.07) is 0. The smallest absolute Gasteiger partial charge is 0.305 e. The molecule has 0 aromatic heterocycles. The molecule has 4 nitrogen and oxygen atoms in total. The Morgan fingerprint density at radius 2 is 0.415 bits per heavy atom. The highest BCUT2D eigenvalue weighted by Gasteiger charge is 2.04. The average molecular weight is 749 g/mol. The number of unbranched alkanes of at least 4 members (excludes halogenated alkanes) is 38. The van der Waals surface area contributed by atoms with Gasteiger partial charge in [0.25, 0.3) is 0 Å². The van der Waals surface area contributed by atoms with Crippen LogP contribution in [0.4, 0.5) is 0 Å². The fourth-order valence-corrected chi connectivity index (χ4v) is 7.59. The summed E-state index contributed by atoms with van der Waals surface area (Å²) in [5, 5.41) is 0. The van der Waals surface area contributed by atoms with Crippen molar-refractivity contribution in [3.63, 3.8) is 0 Å². The number of carbonyl (C=O) groups is 2. The van der Waals surface area contributed by atoms with Crippen LogP contribution in [0.5, 0.6) is 0 Å². The Hall–Kier alpha value is -1.06. The quantitative estimate of drug-likeness (QED) is 0.0459. The molecule has 0 N–H and O–H groups in total. The summed E-state index contributed by atoms with van der Waals surface area (Å²) in [5.41, 5.74) is 0. The molecule has 0 amide bonds. The molecule has 0 saturated carbocycles. The fraction of sp³-hybridized carbons (Fsp3) is 0.959. The minimum Gasteiger partial charge on any atom is -0.466 e. The van der Waals surface area contributed by atoms with E-state index in [4.69, 9.17) is 9.47 Å². The van der Waals surface area contributed by atoms with E-state index < -0.39 is 0 Å². The van der Waals surface area contributed by atoms with Crippen molar-refractivity contribution in [2.45, 2.75) is 290 Å². The highest BCUT2D eigenvalue weighted by Crippen LogP contribution is 2.16. The number of carbonyl (C=O) groups excluding carboxylic acids is 2. The van der Waals surface area contributed by atoms with Crippen molar-refractivity contribution < 1.29 is 19.1 Å². The zero-order valence-corrected chi connectivity index (χ0v) is 36.5. The lowest BCUT2D eigenvalue weighted by atomic mass is 10.0. The van der Waals surface area contributed by atoms with Gasteiger partial charge < -0.3 is 9.47 Å². The lowest BCUT2D eigenvalue weighted by Crippen LogP contribution is -2.05. The predicted octanol–water partition coefficient (Wildman–Crippen LogP) is 16.9. The van der Waals surface area contributed by atoms with Crippen LogP contribution >= 0.6 is 0 Å². The van der Waals surface area contributed by atoms with Crippen LogP contribution in [0.2, 0.25) is 0 Å². The lowest BCUT2D eigenvalue weighted by molar-refractivity contribution is -0.144. The molecule has 0 aliphatic heterocycles. The maximum absolute atomic E-state index is 12.0. The molecule has 4 heteroatoms. The third kappa shape index (κ3) is 47.0. The van der Waals surface area contributed by atoms with E-state index >= 15 is 0 Å². The normalized spacial score (nSPS) is 11.4. The highest BCUT2D eigenvalue weighted by atomic mass is 16.5. The van der Waals surface area contributed by atoms with E-state index in [1.165, 1.54) is 238 Å². The number of hydrogen-bond donors (Lipinski definition) is 0. The standard InChI is InChI=1S/C49H96O4/c1-3-5-7-9-11-13-15-17-20-24-28-32-36-40-44-48(50)52-46-42-38-34-30-26-22-19-23-27-31-35-39-43-47-53-49(51)45-41-37-33-29-25-21-18-16-14-12-10-8-6-4-2/h3-47H2,1-2H3. The van der Waals surface area contributed by atoms with Crippen molar-refractivity contribution in [2.75, 3.05) is 13.2 Å². The summed E-state index contributed by atoms with van der Waals surface area (Å²) in [6.45, 7) is 5.79. The van der Waals surface area contributed by atoms with Gasteiger partial charge >= 0.3 is 11.9 Å². The molecule has 0 atom stereocenters. The summed E-state index contributed by atoms with van der Waals surface area (Å²) in [5.74, 6) is 0.0240. The van der Waals surface area contributed by atoms with Crippen LogP contribution < -0.4 is 0 Å². The van der Waals surface area contributed by atoms with Crippen LogP contribution in [-0.4, -0.2) is 25.2 Å². The molecule has 0 aromatic rings. The maximum atomic E-state index is 12.0. The maximum Gasteiger partial charge on any atom is 0.305 e. The molecule has 0 spiro atoms. The molecule has 0 heterocycles. The Morgan fingerprint density at radius 1 is 0.245 bits per heavy atom. The largest absolute Gasteiger partial charge is 0.466 e. The van der Waals surface area contributed by atoms with Crippen LogP contribution in [0.25, 0.3) is 0 Å². The van der Waals surface area contributed by atoms with E-state index in [1.807, 2.05) is 0 Å². The Balaban J connectivity index is 3.20. The van der Waals surface area contributed by atoms with Gasteiger partial charge in [-0.25, -0.2) is 0 Å². The predicted molar refractivity (Wildman–Crippen MR) is 232 cm³/mol. The Kier molecular flexibility index (Phi) is 46.2. The first-order chi connectivity index (χ1) is 26.2. The minimum absolute atomic E-state index is 0.0120. The van der Waals surface area contributed by atoms with E-state index in [2.05, 4.69) is 13.8 Å². The summed E-state index contributed by atoms with van der Waals surface area (Å²) in [4.78, 5) is 24.0. The summed E-state index contributed by atoms with van der Waals surface area (Å²) >= 11 is 0. The van der Waals surface area contributed by atoms with Gasteiger partial charge in [0.15, 0.2) is 0 Å². The Labute approximate surface area is 333 Å². The minimum atomic E-state index is 0.0120. The van der Waals surface area contributed by atoms with Crippen molar-refractivity contribution in [3.8, 4) is 0 Å². The first-order valence-electron chi connectivity index (χ1n) is 24.5. The van der Waals surface area contributed by atoms with Crippen LogP contribution in [0.15, 0.2) is 0 Å². The molecule has 0 aliphatic rings. The van der Waals surface area contributed by atoms with Gasteiger partial charge in [-0.1, -0.05) is 251 Å². The fourth-order valence-electron chi connectivity index (χ4n) is 7.59. The van der Waals surface area contributed by atoms with Gasteiger partial charge in [-0.15, -0.1) is 0 Å². The third-order valence-electron chi connectivity index (χ3n) is 11.3. The highest BCUT2D eigenvalue weighted by molar-refractivity contribution is 5.69. The zero-order valence-electron chi connectivity index (χ0n) is 36.5. The second-order valence-corrected chi connectivity index (χ2v) is 16.7. The molecule has 316 valence electrons. The second kappa shape index (κ2) is 47.1. The summed E-state index contributed by atoms with van der Waals surface area (Å²) < 4.78 is 10.9. The first kappa shape index (κ1) is 51.9. The number of hydrogen-bond acceptors (Lipinski definition) is 4. The molecular weight excluding hydrogens is 653 g/mol. The molecule has 0 fully saturated rings. The van der Waals surface area contributed by atoms with Crippen molar-refractivity contribution in [1.29, 1.82) is 0 Å². The van der Waals surface area contributed by atoms with Gasteiger partial charge in [0.05, 0.1) is 13.2 Å². The molecule has 0 rings (SSSR count). The number of rotatable bonds is 46. The van der Waals surface area contributed by atoms with E-state index in [0.29, 0.717) is 26.1 Å². The molecule has 53 heavy (non-hydrogen) atoms. The van der Waals surface area contributed by atoms with Crippen LogP contribution in [-0.2, 0) is 19.1 Å². The van der Waals surface area contributed by atoms with Crippen LogP contribution in [0.3, 0.4) is 0 Å². The van der Waals surface area contributed by atoms with E-state index in [-0.39, 0.29) is 11.9 Å². The average Bonchev–Trinajstić information content (AvgIpc) is 3.16. The summed E-state index contributed by atoms with van der Waals surface area (Å²) in [6.07, 6.45) is 55.1. The number of esters is 2. The van der Waals surface area contributed by atoms with Crippen molar-refractivity contribution in [2.24, 2.45) is 0 Å². The molecule has 0 aliphatic carbocycles. The van der Waals surface area contributed by atoms with Gasteiger partial charge in [-0.3, -0.25) is 9.59 Å². The van der Waals surface area contributed by atoms with Crippen molar-refractivity contribution in [3.05, 3.63) is 0 Å². The molecule has 0 aromatic carbocycles. The van der Waals surface area contributed by atoms with Crippen molar-refractivity contribution in [1.82, 2.24) is 0 Å². The van der Waals surface area contributed by atoms with Gasteiger partial charge in [0.2, 0.25) is 0 Å². The Morgan fingerprint density at radius 3 is 0.623 bits per heavy atom. The number of ether oxygens (including phenoxy) is 2. The van der Waals surface area contributed by atoms with Gasteiger partial charge in [0, 0.05) is 12.8 Å². The Bertz CT molecular complexity index is 649. The van der Waals surface area contributed by atoms with Crippen molar-refractivity contribution >= 4 is 11.9 Å². The molecule has 0 unspecified atom stereocenters. The lowest BCUT2D eigenvalue weighted by Gasteiger charge is -2.06. The van der Waals surface area contributed by atoms with E-state index in [0.717, 1.165) is 25.7 Å². The topological polar surface area (TPSA) is 52.6 Å². The third-order valence-corrected chi connectivity index (χ3v) is 11.3.